The summed E-state index contributed by atoms with van der Waals surface area (Å²) in [5.41, 5.74) is 8.28. The molecule has 1 aromatic heterocycles. The van der Waals surface area contributed by atoms with Crippen LogP contribution in [-0.4, -0.2) is 31.5 Å². The lowest BCUT2D eigenvalue weighted by Crippen LogP contribution is -2.41. The van der Waals surface area contributed by atoms with E-state index in [4.69, 9.17) is 10.7 Å². The molecule has 2 aromatic rings. The summed E-state index contributed by atoms with van der Waals surface area (Å²) < 4.78 is 12.6. The first-order chi connectivity index (χ1) is 14.8. The number of hydrogen-bond donors (Lipinski definition) is 3. The molecule has 166 valence electrons. The number of carbonyl (C=O) groups excluding carboxylic acids is 1. The van der Waals surface area contributed by atoms with Crippen molar-refractivity contribution in [2.24, 2.45) is 0 Å². The first-order valence-electron chi connectivity index (χ1n) is 11.1. The average molecular weight is 442 g/mol. The van der Waals surface area contributed by atoms with E-state index in [0.717, 1.165) is 44.1 Å². The zero-order chi connectivity index (χ0) is 22.0. The molecular weight excluding hydrogens is 410 g/mol. The molecule has 0 saturated heterocycles. The van der Waals surface area contributed by atoms with E-state index in [1.54, 1.807) is 6.07 Å². The molecule has 2 saturated carbocycles. The van der Waals surface area contributed by atoms with Gasteiger partial charge in [0.2, 0.25) is 0 Å². The highest BCUT2D eigenvalue weighted by atomic mass is 32.2. The fourth-order valence-corrected chi connectivity index (χ4v) is 6.04. The minimum absolute atomic E-state index is 0.184. The van der Waals surface area contributed by atoms with Gasteiger partial charge in [-0.1, -0.05) is 12.8 Å². The summed E-state index contributed by atoms with van der Waals surface area (Å²) >= 11 is 0. The average Bonchev–Trinajstić information content (AvgIpc) is 3.25. The number of benzene rings is 1. The van der Waals surface area contributed by atoms with Gasteiger partial charge in [-0.05, 0) is 70.2 Å². The van der Waals surface area contributed by atoms with Crippen LogP contribution in [0.25, 0.3) is 11.4 Å². The Balaban J connectivity index is 1.51. The third-order valence-corrected chi connectivity index (χ3v) is 8.60. The summed E-state index contributed by atoms with van der Waals surface area (Å²) in [7, 11) is -1.04. The van der Waals surface area contributed by atoms with E-state index in [2.05, 4.69) is 15.6 Å². The van der Waals surface area contributed by atoms with Gasteiger partial charge in [0, 0.05) is 39.4 Å². The van der Waals surface area contributed by atoms with E-state index in [1.807, 2.05) is 38.1 Å². The van der Waals surface area contributed by atoms with Crippen LogP contribution in [0.5, 0.6) is 0 Å². The molecule has 0 radical (unpaired) electrons. The van der Waals surface area contributed by atoms with Crippen LogP contribution in [0.1, 0.15) is 64.5 Å². The maximum absolute atomic E-state index is 13.2. The van der Waals surface area contributed by atoms with E-state index >= 15 is 0 Å². The molecule has 31 heavy (non-hydrogen) atoms. The molecule has 1 aromatic carbocycles. The molecule has 0 spiro atoms. The van der Waals surface area contributed by atoms with E-state index in [0.29, 0.717) is 23.0 Å². The Hall–Kier alpha value is -2.48. The molecule has 8 heteroatoms. The normalized spacial score (nSPS) is 18.4. The summed E-state index contributed by atoms with van der Waals surface area (Å²) in [5.74, 6) is 0.857. The summed E-state index contributed by atoms with van der Waals surface area (Å²) in [5, 5.41) is 6.03. The molecule has 1 unspecified atom stereocenters. The van der Waals surface area contributed by atoms with Crippen LogP contribution < -0.4 is 16.4 Å². The fourth-order valence-electron chi connectivity index (χ4n) is 4.13. The quantitative estimate of drug-likeness (QED) is 0.618. The van der Waals surface area contributed by atoms with Crippen molar-refractivity contribution in [2.45, 2.75) is 74.8 Å². The summed E-state index contributed by atoms with van der Waals surface area (Å²) in [6, 6.07) is 9.20. The number of nitrogens with two attached hydrogens (primary N) is 1. The fraction of sp³-hybridized carbons (Fsp3) is 0.522. The number of aromatic nitrogens is 2. The molecule has 0 bridgehead atoms. The lowest BCUT2D eigenvalue weighted by molar-refractivity contribution is 0.240. The topological polar surface area (TPSA) is 110 Å². The molecule has 2 fully saturated rings. The smallest absolute Gasteiger partial charge is 0.319 e. The summed E-state index contributed by atoms with van der Waals surface area (Å²) in [6.07, 6.45) is 7.56. The second-order valence-corrected chi connectivity index (χ2v) is 11.3. The molecule has 2 aliphatic rings. The monoisotopic (exact) mass is 441 g/mol. The standard InChI is InChI=1S/C23H31N5O2S/c1-23(2,31(30)18-8-3-4-9-18)19-14-20(24)28-21(27-19)15-10-12-17(13-11-15)26-22(29)25-16-6-5-7-16/h10-14,16,18H,3-9H2,1-2H3,(H2,24,27,28)(H2,25,26,29). The van der Waals surface area contributed by atoms with Crippen LogP contribution in [0.15, 0.2) is 30.3 Å². The second kappa shape index (κ2) is 8.94. The van der Waals surface area contributed by atoms with Gasteiger partial charge >= 0.3 is 6.03 Å². The van der Waals surface area contributed by atoms with Gasteiger partial charge in [0.15, 0.2) is 5.82 Å². The molecule has 0 aliphatic heterocycles. The predicted octanol–water partition coefficient (Wildman–Crippen LogP) is 4.33. The number of anilines is 2. The number of hydrogen-bond acceptors (Lipinski definition) is 5. The minimum Gasteiger partial charge on any atom is -0.384 e. The van der Waals surface area contributed by atoms with Crippen molar-refractivity contribution >= 4 is 28.3 Å². The van der Waals surface area contributed by atoms with Gasteiger partial charge in [-0.25, -0.2) is 14.8 Å². The van der Waals surface area contributed by atoms with Gasteiger partial charge in [0.05, 0.1) is 10.4 Å². The van der Waals surface area contributed by atoms with Crippen LogP contribution in [0.4, 0.5) is 16.3 Å². The van der Waals surface area contributed by atoms with Crippen molar-refractivity contribution < 1.29 is 9.00 Å². The first kappa shape index (κ1) is 21.7. The number of nitrogen functional groups attached to an aromatic ring is 1. The predicted molar refractivity (Wildman–Crippen MR) is 125 cm³/mol. The van der Waals surface area contributed by atoms with Gasteiger partial charge < -0.3 is 16.4 Å². The van der Waals surface area contributed by atoms with Gasteiger partial charge in [-0.15, -0.1) is 0 Å². The SMILES string of the molecule is CC(C)(c1cc(N)nc(-c2ccc(NC(=O)NC3CCC3)cc2)n1)S(=O)C1CCCC1. The lowest BCUT2D eigenvalue weighted by Gasteiger charge is -2.27. The minimum atomic E-state index is -1.04. The van der Waals surface area contributed by atoms with Crippen LogP contribution in [0.3, 0.4) is 0 Å². The highest BCUT2D eigenvalue weighted by molar-refractivity contribution is 7.86. The van der Waals surface area contributed by atoms with Crippen LogP contribution in [-0.2, 0) is 15.5 Å². The first-order valence-corrected chi connectivity index (χ1v) is 12.3. The Morgan fingerprint density at radius 3 is 2.35 bits per heavy atom. The second-order valence-electron chi connectivity index (χ2n) is 9.02. The van der Waals surface area contributed by atoms with E-state index in [1.165, 1.54) is 6.42 Å². The number of carbonyl (C=O) groups is 1. The largest absolute Gasteiger partial charge is 0.384 e. The highest BCUT2D eigenvalue weighted by Crippen LogP contribution is 2.35. The molecule has 2 amide bonds. The van der Waals surface area contributed by atoms with Crippen LogP contribution >= 0.6 is 0 Å². The maximum atomic E-state index is 13.2. The van der Waals surface area contributed by atoms with E-state index < -0.39 is 15.5 Å². The zero-order valence-electron chi connectivity index (χ0n) is 18.2. The van der Waals surface area contributed by atoms with Crippen molar-refractivity contribution in [2.75, 3.05) is 11.1 Å². The Bertz CT molecular complexity index is 966. The molecule has 1 heterocycles. The number of nitrogens with zero attached hydrogens (tertiary/aromatic N) is 2. The molecule has 7 nitrogen and oxygen atoms in total. The molecule has 4 N–H and O–H groups in total. The summed E-state index contributed by atoms with van der Waals surface area (Å²) in [6.45, 7) is 3.95. The molecular formula is C23H31N5O2S. The highest BCUT2D eigenvalue weighted by Gasteiger charge is 2.36. The van der Waals surface area contributed by atoms with Crippen molar-refractivity contribution in [3.8, 4) is 11.4 Å². The van der Waals surface area contributed by atoms with Gasteiger partial charge in [0.1, 0.15) is 5.82 Å². The van der Waals surface area contributed by atoms with Crippen LogP contribution in [0, 0.1) is 0 Å². The number of nitrogens with one attached hydrogen (secondary N) is 2. The Morgan fingerprint density at radius 1 is 1.06 bits per heavy atom. The van der Waals surface area contributed by atoms with Crippen molar-refractivity contribution in [1.82, 2.24) is 15.3 Å². The summed E-state index contributed by atoms with van der Waals surface area (Å²) in [4.78, 5) is 21.2. The third kappa shape index (κ3) is 4.89. The third-order valence-electron chi connectivity index (χ3n) is 6.31. The van der Waals surface area contributed by atoms with Gasteiger partial charge in [0.25, 0.3) is 0 Å². The van der Waals surface area contributed by atoms with Crippen molar-refractivity contribution in [3.05, 3.63) is 36.0 Å². The molecule has 4 rings (SSSR count). The Kier molecular flexibility index (Phi) is 6.27. The van der Waals surface area contributed by atoms with Crippen LogP contribution in [0.2, 0.25) is 0 Å². The molecule has 1 atom stereocenters. The Labute approximate surface area is 186 Å². The van der Waals surface area contributed by atoms with Gasteiger partial charge in [-0.2, -0.15) is 0 Å². The van der Waals surface area contributed by atoms with Crippen molar-refractivity contribution in [3.63, 3.8) is 0 Å². The number of urea groups is 1. The van der Waals surface area contributed by atoms with E-state index in [-0.39, 0.29) is 17.3 Å². The number of rotatable bonds is 6. The van der Waals surface area contributed by atoms with E-state index in [9.17, 15) is 9.00 Å². The Morgan fingerprint density at radius 2 is 1.74 bits per heavy atom. The molecule has 2 aliphatic carbocycles. The lowest BCUT2D eigenvalue weighted by atomic mass is 9.93. The maximum Gasteiger partial charge on any atom is 0.319 e. The van der Waals surface area contributed by atoms with Gasteiger partial charge in [-0.3, -0.25) is 4.21 Å². The zero-order valence-corrected chi connectivity index (χ0v) is 19.0. The van der Waals surface area contributed by atoms with Crippen molar-refractivity contribution in [1.29, 1.82) is 0 Å². The number of amides is 2.